The molecule has 1 fully saturated rings. The van der Waals surface area contributed by atoms with Crippen LogP contribution in [-0.4, -0.2) is 75.2 Å². The van der Waals surface area contributed by atoms with Crippen molar-refractivity contribution in [2.75, 3.05) is 32.6 Å². The van der Waals surface area contributed by atoms with Crippen LogP contribution in [0.2, 0.25) is 0 Å². The summed E-state index contributed by atoms with van der Waals surface area (Å²) < 4.78 is 7.33. The number of anilines is 1. The van der Waals surface area contributed by atoms with Crippen molar-refractivity contribution in [3.63, 3.8) is 0 Å². The van der Waals surface area contributed by atoms with Crippen molar-refractivity contribution in [3.8, 4) is 28.3 Å². The van der Waals surface area contributed by atoms with E-state index in [1.165, 1.54) is 11.2 Å². The quantitative estimate of drug-likeness (QED) is 0.397. The number of benzene rings is 2. The fourth-order valence-electron chi connectivity index (χ4n) is 4.46. The number of methoxy groups -OCH3 is 1. The summed E-state index contributed by atoms with van der Waals surface area (Å²) >= 11 is 0. The number of ether oxygens (including phenoxy) is 1. The zero-order valence-electron chi connectivity index (χ0n) is 20.4. The minimum Gasteiger partial charge on any atom is -0.494 e. The van der Waals surface area contributed by atoms with Gasteiger partial charge in [-0.1, -0.05) is 30.3 Å². The number of carbonyl (C=O) groups is 1. The van der Waals surface area contributed by atoms with Gasteiger partial charge in [-0.15, -0.1) is 0 Å². The smallest absolute Gasteiger partial charge is 0.323 e. The predicted molar refractivity (Wildman–Crippen MR) is 138 cm³/mol. The molecule has 0 aliphatic carbocycles. The van der Waals surface area contributed by atoms with Crippen molar-refractivity contribution in [2.24, 2.45) is 18.5 Å². The number of amides is 2. The summed E-state index contributed by atoms with van der Waals surface area (Å²) in [6.45, 7) is 0.786. The van der Waals surface area contributed by atoms with E-state index >= 15 is 0 Å². The molecule has 0 saturated carbocycles. The van der Waals surface area contributed by atoms with Gasteiger partial charge in [0.1, 0.15) is 17.8 Å². The molecule has 36 heavy (non-hydrogen) atoms. The van der Waals surface area contributed by atoms with E-state index in [0.717, 1.165) is 22.2 Å². The third-order valence-electron chi connectivity index (χ3n) is 6.42. The fraction of sp³-hybridized carbons (Fsp3) is 0.280. The van der Waals surface area contributed by atoms with Gasteiger partial charge in [0, 0.05) is 42.4 Å². The number of rotatable bonds is 4. The Morgan fingerprint density at radius 2 is 1.83 bits per heavy atom. The summed E-state index contributed by atoms with van der Waals surface area (Å²) in [5, 5.41) is 8.38. The Labute approximate surface area is 208 Å². The summed E-state index contributed by atoms with van der Waals surface area (Å²) in [6.07, 6.45) is 2.67. The van der Waals surface area contributed by atoms with E-state index in [-0.39, 0.29) is 12.2 Å². The van der Waals surface area contributed by atoms with Crippen LogP contribution in [0.3, 0.4) is 0 Å². The number of nitrogens with zero attached hydrogens (tertiary/aromatic N) is 6. The first-order valence-electron chi connectivity index (χ1n) is 11.6. The number of carbonyl (C=O) groups excluding carboxylic acids is 1. The van der Waals surface area contributed by atoms with Gasteiger partial charge in [0.2, 0.25) is 0 Å². The zero-order valence-corrected chi connectivity index (χ0v) is 20.4. The topological polar surface area (TPSA) is 140 Å². The van der Waals surface area contributed by atoms with Crippen molar-refractivity contribution < 1.29 is 9.53 Å². The van der Waals surface area contributed by atoms with Crippen molar-refractivity contribution in [1.29, 1.82) is 0 Å². The Hall–Kier alpha value is -4.06. The molecule has 1 saturated heterocycles. The molecule has 1 aliphatic heterocycles. The van der Waals surface area contributed by atoms with Gasteiger partial charge in [0.25, 0.3) is 0 Å². The molecule has 5 N–H and O–H groups in total. The van der Waals surface area contributed by atoms with Gasteiger partial charge in [-0.3, -0.25) is 9.58 Å². The summed E-state index contributed by atoms with van der Waals surface area (Å²) in [6, 6.07) is 13.2. The Morgan fingerprint density at radius 3 is 2.58 bits per heavy atom. The molecule has 11 nitrogen and oxygen atoms in total. The van der Waals surface area contributed by atoms with Gasteiger partial charge in [-0.25, -0.2) is 14.8 Å². The van der Waals surface area contributed by atoms with Gasteiger partial charge < -0.3 is 26.4 Å². The second kappa shape index (κ2) is 9.53. The van der Waals surface area contributed by atoms with Crippen molar-refractivity contribution in [3.05, 3.63) is 55.0 Å². The summed E-state index contributed by atoms with van der Waals surface area (Å²) in [4.78, 5) is 25.7. The first-order chi connectivity index (χ1) is 17.4. The van der Waals surface area contributed by atoms with Crippen LogP contribution in [0.5, 0.6) is 5.75 Å². The molecule has 5 rings (SSSR count). The zero-order chi connectivity index (χ0) is 25.4. The maximum Gasteiger partial charge on any atom is 0.323 e. The van der Waals surface area contributed by atoms with Gasteiger partial charge in [-0.2, -0.15) is 5.10 Å². The lowest BCUT2D eigenvalue weighted by Crippen LogP contribution is -2.65. The third kappa shape index (κ3) is 4.35. The van der Waals surface area contributed by atoms with Crippen LogP contribution >= 0.6 is 0 Å². The van der Waals surface area contributed by atoms with Gasteiger partial charge in [0.05, 0.1) is 42.9 Å². The minimum atomic E-state index is -0.482. The molecule has 2 aromatic carbocycles. The van der Waals surface area contributed by atoms with Crippen molar-refractivity contribution in [2.45, 2.75) is 12.3 Å². The van der Waals surface area contributed by atoms with E-state index in [0.29, 0.717) is 35.7 Å². The predicted octanol–water partition coefficient (Wildman–Crippen LogP) is 2.05. The second-order valence-electron chi connectivity index (χ2n) is 8.88. The van der Waals surface area contributed by atoms with Crippen molar-refractivity contribution >= 4 is 22.6 Å². The van der Waals surface area contributed by atoms with E-state index < -0.39 is 6.17 Å². The molecule has 4 aromatic rings. The Bertz CT molecular complexity index is 1410. The molecule has 0 bridgehead atoms. The summed E-state index contributed by atoms with van der Waals surface area (Å²) in [5.41, 5.74) is 16.9. The number of hydrogen-bond donors (Lipinski definition) is 3. The highest BCUT2D eigenvalue weighted by atomic mass is 16.5. The van der Waals surface area contributed by atoms with Crippen LogP contribution in [-0.2, 0) is 7.05 Å². The maximum absolute atomic E-state index is 13.2. The first-order valence-corrected chi connectivity index (χ1v) is 11.6. The Morgan fingerprint density at radius 1 is 1.06 bits per heavy atom. The van der Waals surface area contributed by atoms with E-state index in [1.54, 1.807) is 17.9 Å². The standard InChI is InChI=1S/C25H29N9O2/c1-32-12-22(27)34(13-21(32)26)25(35)30-19-9-16-18(10-20(19)36-3)28-14-29-24(16)17-11-33(2)31-23(17)15-7-5-4-6-8-15/h4-11,14,21-22H,12-13,26-27H2,1-3H3,(H,30,35)/t21-,22-/m1/s1. The van der Waals surface area contributed by atoms with Gasteiger partial charge in [-0.05, 0) is 13.1 Å². The molecule has 2 amide bonds. The lowest BCUT2D eigenvalue weighted by Gasteiger charge is -2.41. The number of urea groups is 1. The van der Waals surface area contributed by atoms with E-state index in [2.05, 4.69) is 20.4 Å². The lowest BCUT2D eigenvalue weighted by molar-refractivity contribution is 0.0767. The molecule has 0 unspecified atom stereocenters. The number of piperazine rings is 1. The summed E-state index contributed by atoms with van der Waals surface area (Å²) in [5.74, 6) is 0.474. The number of aromatic nitrogens is 4. The van der Waals surface area contributed by atoms with Gasteiger partial charge in [0.15, 0.2) is 0 Å². The fourth-order valence-corrected chi connectivity index (χ4v) is 4.46. The number of nitrogens with two attached hydrogens (primary N) is 2. The van der Waals surface area contributed by atoms with Crippen LogP contribution in [0.1, 0.15) is 0 Å². The number of hydrogen-bond acceptors (Lipinski definition) is 8. The lowest BCUT2D eigenvalue weighted by atomic mass is 10.0. The number of likely N-dealkylation sites (N-methyl/N-ethyl adjacent to an activating group) is 1. The van der Waals surface area contributed by atoms with Gasteiger partial charge >= 0.3 is 6.03 Å². The monoisotopic (exact) mass is 487 g/mol. The Kier molecular flexibility index (Phi) is 6.27. The molecule has 3 heterocycles. The minimum absolute atomic E-state index is 0.295. The van der Waals surface area contributed by atoms with Crippen LogP contribution in [0.15, 0.2) is 55.0 Å². The molecule has 0 radical (unpaired) electrons. The molecular weight excluding hydrogens is 458 g/mol. The Balaban J connectivity index is 1.57. The molecule has 2 aromatic heterocycles. The van der Waals surface area contributed by atoms with Crippen LogP contribution in [0.25, 0.3) is 33.4 Å². The number of aryl methyl sites for hydroxylation is 1. The van der Waals surface area contributed by atoms with Crippen LogP contribution in [0, 0.1) is 0 Å². The summed E-state index contributed by atoms with van der Waals surface area (Å²) in [7, 11) is 5.30. The molecular formula is C25H29N9O2. The van der Waals surface area contributed by atoms with E-state index in [9.17, 15) is 4.79 Å². The van der Waals surface area contributed by atoms with Crippen molar-refractivity contribution in [1.82, 2.24) is 29.5 Å². The second-order valence-corrected chi connectivity index (χ2v) is 8.88. The highest BCUT2D eigenvalue weighted by Gasteiger charge is 2.31. The molecule has 2 atom stereocenters. The average molecular weight is 488 g/mol. The molecule has 0 spiro atoms. The average Bonchev–Trinajstić information content (AvgIpc) is 3.27. The highest BCUT2D eigenvalue weighted by molar-refractivity contribution is 6.01. The normalized spacial score (nSPS) is 18.4. The largest absolute Gasteiger partial charge is 0.494 e. The molecule has 186 valence electrons. The number of fused-ring (bicyclic) bond motifs is 1. The van der Waals surface area contributed by atoms with E-state index in [1.807, 2.05) is 61.6 Å². The first kappa shape index (κ1) is 23.7. The van der Waals surface area contributed by atoms with Crippen LogP contribution in [0.4, 0.5) is 10.5 Å². The third-order valence-corrected chi connectivity index (χ3v) is 6.42. The molecule has 11 heteroatoms. The maximum atomic E-state index is 13.2. The highest BCUT2D eigenvalue weighted by Crippen LogP contribution is 2.37. The van der Waals surface area contributed by atoms with E-state index in [4.69, 9.17) is 16.2 Å². The SMILES string of the molecule is COc1cc2ncnc(-c3cn(C)nc3-c3ccccc3)c2cc1NC(=O)N1C[C@H](N)N(C)C[C@@H]1N. The number of nitrogens with one attached hydrogen (secondary N) is 1. The molecule has 1 aliphatic rings. The van der Waals surface area contributed by atoms with Crippen LogP contribution < -0.4 is 21.5 Å².